The number of hydrogen-bond acceptors (Lipinski definition) is 8. The summed E-state index contributed by atoms with van der Waals surface area (Å²) >= 11 is 2.07. The van der Waals surface area contributed by atoms with E-state index in [1.807, 2.05) is 52.2 Å². The lowest BCUT2D eigenvalue weighted by atomic mass is 10.2. The molecule has 47 heavy (non-hydrogen) atoms. The molecular weight excluding hydrogens is 747 g/mol. The molecule has 0 atom stereocenters. The quantitative estimate of drug-likeness (QED) is 0.208. The van der Waals surface area contributed by atoms with Gasteiger partial charge in [0.1, 0.15) is 0 Å². The first-order valence-corrected chi connectivity index (χ1v) is 19.1. The van der Waals surface area contributed by atoms with Crippen LogP contribution in [0.2, 0.25) is 0 Å². The Hall–Kier alpha value is -3.95. The second-order valence-electron chi connectivity index (χ2n) is 12.1. The number of rotatable bonds is 4. The Morgan fingerprint density at radius 3 is 1.70 bits per heavy atom. The molecule has 4 aromatic heterocycles. The minimum absolute atomic E-state index is 0.274. The summed E-state index contributed by atoms with van der Waals surface area (Å²) in [5.41, 5.74) is 7.56. The van der Waals surface area contributed by atoms with Crippen molar-refractivity contribution in [2.24, 2.45) is 0 Å². The number of hydrogen-bond donors (Lipinski definition) is 0. The van der Waals surface area contributed by atoms with Crippen molar-refractivity contribution in [1.29, 1.82) is 0 Å². The lowest BCUT2D eigenvalue weighted by Crippen LogP contribution is -2.15. The van der Waals surface area contributed by atoms with Crippen LogP contribution in [0.15, 0.2) is 89.0 Å². The van der Waals surface area contributed by atoms with E-state index in [-0.39, 0.29) is 9.79 Å². The largest absolute Gasteiger partial charge is 0.373 e. The minimum Gasteiger partial charge on any atom is -0.373 e. The highest BCUT2D eigenvalue weighted by Gasteiger charge is 2.28. The van der Waals surface area contributed by atoms with Gasteiger partial charge in [0, 0.05) is 56.5 Å². The molecule has 6 heterocycles. The van der Waals surface area contributed by atoms with Gasteiger partial charge in [0.25, 0.3) is 20.0 Å². The van der Waals surface area contributed by atoms with Crippen LogP contribution in [0.5, 0.6) is 0 Å². The van der Waals surface area contributed by atoms with Crippen molar-refractivity contribution in [3.05, 3.63) is 105 Å². The van der Waals surface area contributed by atoms with Crippen LogP contribution in [-0.2, 0) is 32.9 Å². The standard InChI is InChI=1S/C17H16IN3O2S.C17H17N3O2S/c1-11-3-5-13(6-4-11)24(22,23)21-15(18)9-14-16-12(7-8-20(16)2)10-19-17(14)21;1-12-3-5-14(6-4-12)23(21,22)20-10-8-15-16-13(7-9-19(16)2)11-18-17(15)20/h3-6,9-10H,7-8H2,1-2H3;3-6,8,10-11H,7,9H2,1-2H3. The lowest BCUT2D eigenvalue weighted by Gasteiger charge is -2.13. The molecule has 0 unspecified atom stereocenters. The maximum Gasteiger partial charge on any atom is 0.270 e. The van der Waals surface area contributed by atoms with Gasteiger partial charge in [-0.2, -0.15) is 0 Å². The first kappa shape index (κ1) is 31.6. The number of anilines is 2. The summed E-state index contributed by atoms with van der Waals surface area (Å²) in [6.07, 6.45) is 7.09. The summed E-state index contributed by atoms with van der Waals surface area (Å²) in [6.45, 7) is 5.74. The van der Waals surface area contributed by atoms with E-state index < -0.39 is 20.0 Å². The Morgan fingerprint density at radius 2 is 1.15 bits per heavy atom. The van der Waals surface area contributed by atoms with Crippen molar-refractivity contribution in [3.63, 3.8) is 0 Å². The van der Waals surface area contributed by atoms with Gasteiger partial charge in [0.05, 0.1) is 24.9 Å². The predicted octanol–water partition coefficient (Wildman–Crippen LogP) is 5.75. The zero-order valence-electron chi connectivity index (χ0n) is 26.3. The first-order valence-electron chi connectivity index (χ1n) is 15.1. The van der Waals surface area contributed by atoms with Crippen molar-refractivity contribution in [3.8, 4) is 0 Å². The fourth-order valence-corrected chi connectivity index (χ4v) is 10.3. The summed E-state index contributed by atoms with van der Waals surface area (Å²) in [4.78, 5) is 13.8. The van der Waals surface area contributed by atoms with E-state index in [0.717, 1.165) is 59.2 Å². The summed E-state index contributed by atoms with van der Waals surface area (Å²) in [6, 6.07) is 17.5. The Balaban J connectivity index is 0.000000150. The molecule has 2 aliphatic rings. The molecule has 0 spiro atoms. The fraction of sp³-hybridized carbons (Fsp3) is 0.235. The van der Waals surface area contributed by atoms with Crippen LogP contribution >= 0.6 is 22.6 Å². The van der Waals surface area contributed by atoms with Crippen LogP contribution in [-0.4, -0.2) is 61.9 Å². The number of fused-ring (bicyclic) bond motifs is 6. The van der Waals surface area contributed by atoms with Crippen LogP contribution in [0.25, 0.3) is 22.1 Å². The van der Waals surface area contributed by atoms with Crippen LogP contribution in [0.3, 0.4) is 0 Å². The highest BCUT2D eigenvalue weighted by atomic mass is 127. The highest BCUT2D eigenvalue weighted by molar-refractivity contribution is 14.1. The van der Waals surface area contributed by atoms with Gasteiger partial charge in [-0.15, -0.1) is 0 Å². The second-order valence-corrected chi connectivity index (χ2v) is 16.8. The summed E-state index contributed by atoms with van der Waals surface area (Å²) in [5, 5.41) is 1.78. The summed E-state index contributed by atoms with van der Waals surface area (Å²) in [7, 11) is -3.26. The number of aromatic nitrogens is 4. The number of benzene rings is 2. The maximum absolute atomic E-state index is 13.1. The third-order valence-corrected chi connectivity index (χ3v) is 13.4. The minimum atomic E-state index is -3.68. The number of aryl methyl sites for hydroxylation is 2. The van der Waals surface area contributed by atoms with Gasteiger partial charge in [0.15, 0.2) is 11.3 Å². The van der Waals surface area contributed by atoms with Crippen LogP contribution in [0.4, 0.5) is 11.4 Å². The van der Waals surface area contributed by atoms with Gasteiger partial charge in [-0.1, -0.05) is 35.4 Å². The van der Waals surface area contributed by atoms with Crippen molar-refractivity contribution in [2.45, 2.75) is 36.5 Å². The molecule has 0 amide bonds. The molecule has 0 bridgehead atoms. The SMILES string of the molecule is Cc1ccc(S(=O)(=O)n2c(I)cc3c4c(cnc32)CCN4C)cc1.Cc1ccc(S(=O)(=O)n2ccc3c4c(cnc32)CCN4C)cc1. The molecule has 8 rings (SSSR count). The predicted molar refractivity (Wildman–Crippen MR) is 194 cm³/mol. The molecule has 2 aliphatic heterocycles. The van der Waals surface area contributed by atoms with E-state index >= 15 is 0 Å². The fourth-order valence-electron chi connectivity index (χ4n) is 6.34. The molecule has 0 N–H and O–H groups in total. The summed E-state index contributed by atoms with van der Waals surface area (Å²) in [5.74, 6) is 0. The molecule has 0 radical (unpaired) electrons. The van der Waals surface area contributed by atoms with Crippen LogP contribution in [0, 0.1) is 17.5 Å². The third kappa shape index (κ3) is 5.28. The van der Waals surface area contributed by atoms with E-state index in [4.69, 9.17) is 0 Å². The van der Waals surface area contributed by atoms with E-state index in [2.05, 4.69) is 42.4 Å². The third-order valence-electron chi connectivity index (χ3n) is 8.85. The zero-order valence-corrected chi connectivity index (χ0v) is 30.1. The van der Waals surface area contributed by atoms with Gasteiger partial charge in [-0.25, -0.2) is 34.7 Å². The number of nitrogens with zero attached hydrogens (tertiary/aromatic N) is 6. The van der Waals surface area contributed by atoms with Gasteiger partial charge in [-0.05, 0) is 96.8 Å². The molecule has 0 saturated heterocycles. The summed E-state index contributed by atoms with van der Waals surface area (Å²) < 4.78 is 55.3. The van der Waals surface area contributed by atoms with Gasteiger partial charge in [-0.3, -0.25) is 0 Å². The molecular formula is C34H33IN6O4S2. The highest BCUT2D eigenvalue weighted by Crippen LogP contribution is 2.37. The molecule has 0 aliphatic carbocycles. The Morgan fingerprint density at radius 1 is 0.660 bits per heavy atom. The molecule has 10 nitrogen and oxygen atoms in total. The Kier molecular flexibility index (Phi) is 7.83. The Labute approximate surface area is 287 Å². The average Bonchev–Trinajstić information content (AvgIpc) is 3.81. The van der Waals surface area contributed by atoms with Gasteiger partial charge in [0.2, 0.25) is 0 Å². The normalized spacial score (nSPS) is 14.4. The smallest absolute Gasteiger partial charge is 0.270 e. The Bertz CT molecular complexity index is 2400. The van der Waals surface area contributed by atoms with Crippen molar-refractivity contribution >= 4 is 76.1 Å². The first-order chi connectivity index (χ1) is 22.4. The molecule has 0 fully saturated rings. The molecule has 242 valence electrons. The van der Waals surface area contributed by atoms with Crippen molar-refractivity contribution in [2.75, 3.05) is 37.0 Å². The lowest BCUT2D eigenvalue weighted by molar-refractivity contribution is 0.586. The van der Waals surface area contributed by atoms with E-state index in [9.17, 15) is 16.8 Å². The van der Waals surface area contributed by atoms with Crippen molar-refractivity contribution < 1.29 is 16.8 Å². The molecule has 2 aromatic carbocycles. The van der Waals surface area contributed by atoms with E-state index in [1.54, 1.807) is 55.0 Å². The molecule has 13 heteroatoms. The van der Waals surface area contributed by atoms with Gasteiger partial charge >= 0.3 is 0 Å². The number of pyridine rings is 2. The number of likely N-dealkylation sites (N-methyl/N-ethyl adjacent to an activating group) is 2. The van der Waals surface area contributed by atoms with Gasteiger partial charge < -0.3 is 9.80 Å². The monoisotopic (exact) mass is 780 g/mol. The zero-order chi connectivity index (χ0) is 33.2. The van der Waals surface area contributed by atoms with E-state index in [1.165, 1.54) is 19.1 Å². The second kappa shape index (κ2) is 11.6. The molecule has 0 saturated carbocycles. The van der Waals surface area contributed by atoms with Crippen LogP contribution in [0.1, 0.15) is 22.3 Å². The topological polar surface area (TPSA) is 110 Å². The molecule has 6 aromatic rings. The average molecular weight is 781 g/mol. The van der Waals surface area contributed by atoms with Crippen molar-refractivity contribution in [1.82, 2.24) is 17.9 Å². The maximum atomic E-state index is 13.1. The van der Waals surface area contributed by atoms with Crippen LogP contribution < -0.4 is 9.80 Å². The van der Waals surface area contributed by atoms with E-state index in [0.29, 0.717) is 15.0 Å². The number of halogens is 1.